The van der Waals surface area contributed by atoms with Gasteiger partial charge in [-0.15, -0.1) is 0 Å². The minimum atomic E-state index is -3.59. The summed E-state index contributed by atoms with van der Waals surface area (Å²) in [5.41, 5.74) is 4.10. The van der Waals surface area contributed by atoms with Crippen molar-refractivity contribution in [2.24, 2.45) is 0 Å². The fourth-order valence-electron chi connectivity index (χ4n) is 4.83. The highest BCUT2D eigenvalue weighted by atomic mass is 32.2. The lowest BCUT2D eigenvalue weighted by Gasteiger charge is -2.34. The maximum Gasteiger partial charge on any atom is 0.292 e. The number of carbonyl (C=O) groups excluding carboxylic acids is 2. The van der Waals surface area contributed by atoms with Crippen molar-refractivity contribution in [2.75, 3.05) is 31.1 Å². The Labute approximate surface area is 189 Å². The number of quaternary nitrogens is 1. The van der Waals surface area contributed by atoms with Crippen molar-refractivity contribution in [1.29, 1.82) is 0 Å². The molecule has 1 N–H and O–H groups in total. The van der Waals surface area contributed by atoms with Crippen molar-refractivity contribution in [3.8, 4) is 0 Å². The summed E-state index contributed by atoms with van der Waals surface area (Å²) in [7, 11) is -3.59. The largest absolute Gasteiger partial charge is 0.322 e. The van der Waals surface area contributed by atoms with Gasteiger partial charge in [-0.25, -0.2) is 13.3 Å². The molecule has 2 fully saturated rings. The minimum absolute atomic E-state index is 0.158. The van der Waals surface area contributed by atoms with E-state index in [-0.39, 0.29) is 18.2 Å². The Bertz CT molecular complexity index is 1160. The van der Waals surface area contributed by atoms with Crippen LogP contribution in [0.5, 0.6) is 0 Å². The van der Waals surface area contributed by atoms with Gasteiger partial charge in [-0.05, 0) is 56.0 Å². The number of rotatable bonds is 4. The summed E-state index contributed by atoms with van der Waals surface area (Å²) in [6.07, 6.45) is 0.158. The van der Waals surface area contributed by atoms with E-state index in [2.05, 4.69) is 0 Å². The summed E-state index contributed by atoms with van der Waals surface area (Å²) >= 11 is 0. The second-order valence-electron chi connectivity index (χ2n) is 8.90. The molecule has 0 aromatic heterocycles. The van der Waals surface area contributed by atoms with Crippen molar-refractivity contribution in [3.05, 3.63) is 58.7 Å². The third-order valence-corrected chi connectivity index (χ3v) is 8.67. The van der Waals surface area contributed by atoms with E-state index >= 15 is 0 Å². The molecule has 0 unspecified atom stereocenters. The van der Waals surface area contributed by atoms with Crippen LogP contribution in [0.3, 0.4) is 0 Å². The molecule has 8 heteroatoms. The standard InChI is InChI=1S/C24H29N3O4S/c1-16-8-9-17(2)21(14-16)32(30,31)26-12-10-25(11-13-26)20-15-22(28)27(24(20)29)23-18(3)6-5-7-19(23)4/h5-9,14,20H,10-13,15H2,1-4H3/p+1/t20-/m0/s1. The maximum atomic E-state index is 13.3. The Morgan fingerprint density at radius 3 is 2.16 bits per heavy atom. The van der Waals surface area contributed by atoms with E-state index in [9.17, 15) is 18.0 Å². The second kappa shape index (κ2) is 8.42. The number of sulfonamides is 1. The normalized spacial score (nSPS) is 20.9. The van der Waals surface area contributed by atoms with Crippen LogP contribution in [0.25, 0.3) is 0 Å². The highest BCUT2D eigenvalue weighted by Gasteiger charge is 2.47. The molecule has 0 aliphatic carbocycles. The smallest absolute Gasteiger partial charge is 0.292 e. The van der Waals surface area contributed by atoms with Crippen molar-refractivity contribution in [2.45, 2.75) is 45.1 Å². The average Bonchev–Trinajstić information content (AvgIpc) is 3.04. The molecule has 0 saturated carbocycles. The van der Waals surface area contributed by atoms with Gasteiger partial charge in [-0.3, -0.25) is 9.59 Å². The predicted octanol–water partition coefficient (Wildman–Crippen LogP) is 1.14. The first-order valence-corrected chi connectivity index (χ1v) is 12.4. The lowest BCUT2D eigenvalue weighted by atomic mass is 10.1. The first-order valence-electron chi connectivity index (χ1n) is 11.0. The number of piperazine rings is 1. The maximum absolute atomic E-state index is 13.3. The van der Waals surface area contributed by atoms with Crippen LogP contribution < -0.4 is 9.80 Å². The number of imide groups is 1. The van der Waals surface area contributed by atoms with Crippen LogP contribution in [-0.2, 0) is 19.6 Å². The fourth-order valence-corrected chi connectivity index (χ4v) is 6.58. The summed E-state index contributed by atoms with van der Waals surface area (Å²) in [4.78, 5) is 28.7. The minimum Gasteiger partial charge on any atom is -0.322 e. The monoisotopic (exact) mass is 456 g/mol. The summed E-state index contributed by atoms with van der Waals surface area (Å²) in [6, 6.07) is 10.7. The summed E-state index contributed by atoms with van der Waals surface area (Å²) in [5.74, 6) is -0.372. The van der Waals surface area contributed by atoms with E-state index in [1.165, 1.54) is 9.21 Å². The molecular weight excluding hydrogens is 426 g/mol. The zero-order chi connectivity index (χ0) is 23.2. The van der Waals surface area contributed by atoms with Gasteiger partial charge < -0.3 is 4.90 Å². The number of carbonyl (C=O) groups is 2. The van der Waals surface area contributed by atoms with E-state index in [1.54, 1.807) is 13.0 Å². The summed E-state index contributed by atoms with van der Waals surface area (Å²) in [6.45, 7) is 9.13. The van der Waals surface area contributed by atoms with Crippen LogP contribution in [0, 0.1) is 27.7 Å². The second-order valence-corrected chi connectivity index (χ2v) is 10.8. The molecule has 2 aromatic rings. The molecule has 4 rings (SSSR count). The summed E-state index contributed by atoms with van der Waals surface area (Å²) in [5, 5.41) is 0. The number of nitrogens with one attached hydrogen (secondary N) is 1. The number of hydrogen-bond donors (Lipinski definition) is 1. The topological polar surface area (TPSA) is 79.2 Å². The fraction of sp³-hybridized carbons (Fsp3) is 0.417. The molecule has 2 aliphatic heterocycles. The van der Waals surface area contributed by atoms with Crippen LogP contribution >= 0.6 is 0 Å². The van der Waals surface area contributed by atoms with Crippen LogP contribution in [0.4, 0.5) is 5.69 Å². The molecule has 0 bridgehead atoms. The van der Waals surface area contributed by atoms with Crippen molar-refractivity contribution in [1.82, 2.24) is 4.31 Å². The molecule has 170 valence electrons. The molecule has 1 atom stereocenters. The molecule has 0 radical (unpaired) electrons. The number of benzene rings is 2. The Kier molecular flexibility index (Phi) is 5.96. The number of hydrogen-bond acceptors (Lipinski definition) is 4. The molecule has 0 spiro atoms. The van der Waals surface area contributed by atoms with Gasteiger partial charge in [0.15, 0.2) is 6.04 Å². The van der Waals surface area contributed by atoms with Crippen molar-refractivity contribution < 1.29 is 22.9 Å². The van der Waals surface area contributed by atoms with Gasteiger partial charge in [0, 0.05) is 0 Å². The van der Waals surface area contributed by atoms with Gasteiger partial charge in [-0.2, -0.15) is 4.31 Å². The van der Waals surface area contributed by atoms with Crippen LogP contribution in [0.2, 0.25) is 0 Å². The van der Waals surface area contributed by atoms with E-state index in [1.807, 2.05) is 51.1 Å². The van der Waals surface area contributed by atoms with Gasteiger partial charge in [0.2, 0.25) is 15.9 Å². The first-order chi connectivity index (χ1) is 15.1. The van der Waals surface area contributed by atoms with Gasteiger partial charge in [-0.1, -0.05) is 30.3 Å². The van der Waals surface area contributed by atoms with Crippen LogP contribution in [0.15, 0.2) is 41.3 Å². The first kappa shape index (κ1) is 22.6. The molecule has 32 heavy (non-hydrogen) atoms. The van der Waals surface area contributed by atoms with E-state index in [0.29, 0.717) is 36.8 Å². The molecule has 2 saturated heterocycles. The van der Waals surface area contributed by atoms with Gasteiger partial charge >= 0.3 is 0 Å². The Hall–Kier alpha value is -2.55. The molecule has 7 nitrogen and oxygen atoms in total. The third kappa shape index (κ3) is 3.87. The highest BCUT2D eigenvalue weighted by molar-refractivity contribution is 7.89. The Morgan fingerprint density at radius 2 is 1.53 bits per heavy atom. The van der Waals surface area contributed by atoms with Crippen molar-refractivity contribution in [3.63, 3.8) is 0 Å². The SMILES string of the molecule is Cc1ccc(C)c(S(=O)(=O)N2CC[NH+]([C@H]3CC(=O)N(c4c(C)cccc4C)C3=O)CC2)c1. The third-order valence-electron chi connectivity index (χ3n) is 6.63. The average molecular weight is 457 g/mol. The van der Waals surface area contributed by atoms with E-state index in [4.69, 9.17) is 0 Å². The number of aryl methyl sites for hydroxylation is 4. The molecule has 2 heterocycles. The highest BCUT2D eigenvalue weighted by Crippen LogP contribution is 2.29. The van der Waals surface area contributed by atoms with Gasteiger partial charge in [0.1, 0.15) is 0 Å². The molecule has 2 aromatic carbocycles. The van der Waals surface area contributed by atoms with E-state index in [0.717, 1.165) is 27.2 Å². The lowest BCUT2D eigenvalue weighted by Crippen LogP contribution is -3.19. The number of nitrogens with zero attached hydrogens (tertiary/aromatic N) is 2. The van der Waals surface area contributed by atoms with Crippen LogP contribution in [-0.4, -0.2) is 56.8 Å². The molecule has 2 amide bonds. The van der Waals surface area contributed by atoms with Gasteiger partial charge in [0.05, 0.1) is 43.2 Å². The predicted molar refractivity (Wildman–Crippen MR) is 122 cm³/mol. The molecule has 2 aliphatic rings. The Balaban J connectivity index is 1.50. The number of para-hydroxylation sites is 1. The quantitative estimate of drug-likeness (QED) is 0.700. The molecular formula is C24H30N3O4S+. The lowest BCUT2D eigenvalue weighted by molar-refractivity contribution is -0.918. The number of amides is 2. The van der Waals surface area contributed by atoms with Crippen LogP contribution in [0.1, 0.15) is 28.7 Å². The van der Waals surface area contributed by atoms with Gasteiger partial charge in [0.25, 0.3) is 5.91 Å². The Morgan fingerprint density at radius 1 is 0.906 bits per heavy atom. The van der Waals surface area contributed by atoms with E-state index < -0.39 is 16.1 Å². The number of anilines is 1. The zero-order valence-corrected chi connectivity index (χ0v) is 19.8. The van der Waals surface area contributed by atoms with Crippen molar-refractivity contribution >= 4 is 27.5 Å². The zero-order valence-electron chi connectivity index (χ0n) is 19.0. The summed E-state index contributed by atoms with van der Waals surface area (Å²) < 4.78 is 27.9.